The van der Waals surface area contributed by atoms with Crippen molar-refractivity contribution in [3.05, 3.63) is 58.7 Å². The van der Waals surface area contributed by atoms with Crippen molar-refractivity contribution in [1.82, 2.24) is 10.3 Å². The largest absolute Gasteiger partial charge is 0.352 e. The number of nitrogens with zero attached hydrogens (tertiary/aromatic N) is 1. The fourth-order valence-electron chi connectivity index (χ4n) is 1.91. The molecule has 0 unspecified atom stereocenters. The van der Waals surface area contributed by atoms with Crippen molar-refractivity contribution in [2.45, 2.75) is 12.8 Å². The van der Waals surface area contributed by atoms with Gasteiger partial charge in [0.15, 0.2) is 5.82 Å². The minimum atomic E-state index is -0.193. The molecule has 1 aromatic carbocycles. The van der Waals surface area contributed by atoms with Crippen LogP contribution in [0.3, 0.4) is 0 Å². The van der Waals surface area contributed by atoms with Gasteiger partial charge in [0.05, 0.1) is 10.6 Å². The number of benzene rings is 1. The van der Waals surface area contributed by atoms with Crippen LogP contribution in [0.2, 0.25) is 5.02 Å². The Morgan fingerprint density at radius 1 is 1.29 bits per heavy atom. The fourth-order valence-corrected chi connectivity index (χ4v) is 2.13. The molecule has 1 amide bonds. The lowest BCUT2D eigenvalue weighted by Crippen LogP contribution is -2.25. The summed E-state index contributed by atoms with van der Waals surface area (Å²) in [7, 11) is 0. The number of hydrogen-bond donors (Lipinski definition) is 3. The second kappa shape index (κ2) is 7.61. The summed E-state index contributed by atoms with van der Waals surface area (Å²) < 4.78 is 0. The van der Waals surface area contributed by atoms with Crippen molar-refractivity contribution in [3.63, 3.8) is 0 Å². The van der Waals surface area contributed by atoms with E-state index >= 15 is 0 Å². The number of rotatable bonds is 6. The van der Waals surface area contributed by atoms with Crippen LogP contribution < -0.4 is 16.6 Å². The second-order valence-electron chi connectivity index (χ2n) is 4.54. The lowest BCUT2D eigenvalue weighted by Gasteiger charge is -2.07. The van der Waals surface area contributed by atoms with Crippen LogP contribution in [-0.2, 0) is 6.42 Å². The van der Waals surface area contributed by atoms with E-state index in [1.807, 2.05) is 18.2 Å². The maximum atomic E-state index is 11.9. The lowest BCUT2D eigenvalue weighted by atomic mass is 10.1. The molecule has 0 saturated carbocycles. The van der Waals surface area contributed by atoms with Gasteiger partial charge in [0.2, 0.25) is 0 Å². The van der Waals surface area contributed by atoms with Gasteiger partial charge in [-0.1, -0.05) is 41.9 Å². The third kappa shape index (κ3) is 4.44. The molecule has 21 heavy (non-hydrogen) atoms. The van der Waals surface area contributed by atoms with Gasteiger partial charge in [-0.2, -0.15) is 0 Å². The van der Waals surface area contributed by atoms with Crippen LogP contribution >= 0.6 is 11.6 Å². The molecule has 0 aliphatic rings. The molecule has 110 valence electrons. The Bertz CT molecular complexity index is 604. The maximum Gasteiger partial charge on any atom is 0.252 e. The molecule has 5 nitrogen and oxygen atoms in total. The van der Waals surface area contributed by atoms with Crippen molar-refractivity contribution in [3.8, 4) is 0 Å². The molecule has 0 atom stereocenters. The number of carbonyl (C=O) groups is 1. The standard InChI is InChI=1S/C15H17ClN4O/c16-13-9-12(10-19-14(13)20-17)15(21)18-8-4-7-11-5-2-1-3-6-11/h1-3,5-6,9-10H,4,7-8,17H2,(H,18,21)(H,19,20). The number of anilines is 1. The Balaban J connectivity index is 1.80. The smallest absolute Gasteiger partial charge is 0.252 e. The van der Waals surface area contributed by atoms with Crippen LogP contribution in [0.4, 0.5) is 5.82 Å². The topological polar surface area (TPSA) is 80.0 Å². The molecule has 2 aromatic rings. The van der Waals surface area contributed by atoms with Gasteiger partial charge in [0.1, 0.15) is 0 Å². The number of amides is 1. The van der Waals surface area contributed by atoms with Crippen LogP contribution in [0.15, 0.2) is 42.6 Å². The number of halogens is 1. The summed E-state index contributed by atoms with van der Waals surface area (Å²) in [5.74, 6) is 5.38. The van der Waals surface area contributed by atoms with Crippen molar-refractivity contribution in [2.24, 2.45) is 5.84 Å². The Kier molecular flexibility index (Phi) is 5.54. The molecule has 0 fully saturated rings. The fraction of sp³-hybridized carbons (Fsp3) is 0.200. The summed E-state index contributed by atoms with van der Waals surface area (Å²) in [6.07, 6.45) is 3.24. The molecule has 6 heteroatoms. The first kappa shape index (κ1) is 15.3. The highest BCUT2D eigenvalue weighted by molar-refractivity contribution is 6.33. The van der Waals surface area contributed by atoms with Crippen LogP contribution in [0.1, 0.15) is 22.3 Å². The molecule has 1 aromatic heterocycles. The predicted molar refractivity (Wildman–Crippen MR) is 84.2 cm³/mol. The molecule has 2 rings (SSSR count). The van der Waals surface area contributed by atoms with Crippen LogP contribution in [0.5, 0.6) is 0 Å². The van der Waals surface area contributed by atoms with Crippen molar-refractivity contribution in [2.75, 3.05) is 12.0 Å². The number of nitrogen functional groups attached to an aromatic ring is 1. The van der Waals surface area contributed by atoms with Crippen molar-refractivity contribution < 1.29 is 4.79 Å². The third-order valence-electron chi connectivity index (χ3n) is 3.01. The molecule has 0 saturated heterocycles. The van der Waals surface area contributed by atoms with Gasteiger partial charge in [-0.15, -0.1) is 0 Å². The highest BCUT2D eigenvalue weighted by Crippen LogP contribution is 2.18. The second-order valence-corrected chi connectivity index (χ2v) is 4.95. The van der Waals surface area contributed by atoms with E-state index in [-0.39, 0.29) is 5.91 Å². The summed E-state index contributed by atoms with van der Waals surface area (Å²) in [5, 5.41) is 3.16. The molecule has 0 bridgehead atoms. The van der Waals surface area contributed by atoms with E-state index in [4.69, 9.17) is 17.4 Å². The number of nitrogens with one attached hydrogen (secondary N) is 2. The average Bonchev–Trinajstić information content (AvgIpc) is 2.52. The van der Waals surface area contributed by atoms with E-state index in [0.717, 1.165) is 12.8 Å². The minimum Gasteiger partial charge on any atom is -0.352 e. The molecule has 0 spiro atoms. The van der Waals surface area contributed by atoms with Crippen LogP contribution in [0.25, 0.3) is 0 Å². The molecular formula is C15H17ClN4O. The molecule has 0 aliphatic carbocycles. The van der Waals surface area contributed by atoms with Gasteiger partial charge in [0.25, 0.3) is 5.91 Å². The first-order valence-electron chi connectivity index (χ1n) is 6.65. The Morgan fingerprint density at radius 2 is 2.05 bits per heavy atom. The highest BCUT2D eigenvalue weighted by Gasteiger charge is 2.08. The highest BCUT2D eigenvalue weighted by atomic mass is 35.5. The summed E-state index contributed by atoms with van der Waals surface area (Å²) >= 11 is 5.93. The SMILES string of the molecule is NNc1ncc(C(=O)NCCCc2ccccc2)cc1Cl. The number of carbonyl (C=O) groups excluding carboxylic acids is 1. The molecular weight excluding hydrogens is 288 g/mol. The van der Waals surface area contributed by atoms with E-state index in [1.54, 1.807) is 0 Å². The van der Waals surface area contributed by atoms with Crippen LogP contribution in [-0.4, -0.2) is 17.4 Å². The van der Waals surface area contributed by atoms with E-state index in [2.05, 4.69) is 27.9 Å². The number of nitrogens with two attached hydrogens (primary N) is 1. The predicted octanol–water partition coefficient (Wildman–Crippen LogP) is 2.38. The van der Waals surface area contributed by atoms with Gasteiger partial charge in [-0.3, -0.25) is 4.79 Å². The summed E-state index contributed by atoms with van der Waals surface area (Å²) in [6, 6.07) is 11.7. The number of aryl methyl sites for hydroxylation is 1. The quantitative estimate of drug-likeness (QED) is 0.435. The van der Waals surface area contributed by atoms with Crippen molar-refractivity contribution >= 4 is 23.3 Å². The normalized spacial score (nSPS) is 10.2. The Labute approximate surface area is 128 Å². The lowest BCUT2D eigenvalue weighted by molar-refractivity contribution is 0.0953. The summed E-state index contributed by atoms with van der Waals surface area (Å²) in [6.45, 7) is 0.599. The first-order valence-corrected chi connectivity index (χ1v) is 7.03. The van der Waals surface area contributed by atoms with Gasteiger partial charge in [0, 0.05) is 12.7 Å². The molecule has 4 N–H and O–H groups in total. The monoisotopic (exact) mass is 304 g/mol. The Hall–Kier alpha value is -2.11. The summed E-state index contributed by atoms with van der Waals surface area (Å²) in [5.41, 5.74) is 4.03. The zero-order valence-corrected chi connectivity index (χ0v) is 12.2. The molecule has 0 aliphatic heterocycles. The van der Waals surface area contributed by atoms with Crippen LogP contribution in [0, 0.1) is 0 Å². The number of hydrogen-bond acceptors (Lipinski definition) is 4. The van der Waals surface area contributed by atoms with Gasteiger partial charge in [-0.05, 0) is 24.5 Å². The number of pyridine rings is 1. The summed E-state index contributed by atoms with van der Waals surface area (Å²) in [4.78, 5) is 15.9. The van der Waals surface area contributed by atoms with Gasteiger partial charge < -0.3 is 10.7 Å². The molecule has 0 radical (unpaired) electrons. The van der Waals surface area contributed by atoms with E-state index < -0.39 is 0 Å². The van der Waals surface area contributed by atoms with Gasteiger partial charge in [-0.25, -0.2) is 10.8 Å². The van der Waals surface area contributed by atoms with E-state index in [0.29, 0.717) is 22.9 Å². The molecule has 1 heterocycles. The van der Waals surface area contributed by atoms with Crippen molar-refractivity contribution in [1.29, 1.82) is 0 Å². The first-order chi connectivity index (χ1) is 10.2. The number of aromatic nitrogens is 1. The zero-order chi connectivity index (χ0) is 15.1. The Morgan fingerprint density at radius 3 is 2.71 bits per heavy atom. The number of hydrazine groups is 1. The minimum absolute atomic E-state index is 0.193. The van der Waals surface area contributed by atoms with Gasteiger partial charge >= 0.3 is 0 Å². The zero-order valence-electron chi connectivity index (χ0n) is 11.5. The maximum absolute atomic E-state index is 11.9. The third-order valence-corrected chi connectivity index (χ3v) is 3.30. The van der Waals surface area contributed by atoms with E-state index in [9.17, 15) is 4.79 Å². The van der Waals surface area contributed by atoms with E-state index in [1.165, 1.54) is 17.8 Å². The average molecular weight is 305 g/mol.